The molecule has 4 nitrogen and oxygen atoms in total. The molecule has 118 valence electrons. The van der Waals surface area contributed by atoms with E-state index in [1.165, 1.54) is 0 Å². The van der Waals surface area contributed by atoms with Gasteiger partial charge in [-0.2, -0.15) is 0 Å². The fourth-order valence-corrected chi connectivity index (χ4v) is 3.85. The van der Waals surface area contributed by atoms with Gasteiger partial charge in [-0.05, 0) is 42.5 Å². The second-order valence-corrected chi connectivity index (χ2v) is 7.00. The molecule has 0 spiro atoms. The fourth-order valence-electron chi connectivity index (χ4n) is 3.01. The van der Waals surface area contributed by atoms with E-state index < -0.39 is 0 Å². The Kier molecular flexibility index (Phi) is 4.16. The Labute approximate surface area is 143 Å². The van der Waals surface area contributed by atoms with Crippen molar-refractivity contribution in [2.45, 2.75) is 25.4 Å². The van der Waals surface area contributed by atoms with Crippen LogP contribution in [-0.4, -0.2) is 21.6 Å². The third-order valence-electron chi connectivity index (χ3n) is 4.15. The van der Waals surface area contributed by atoms with E-state index in [1.807, 2.05) is 35.7 Å². The molecule has 3 heterocycles. The molecule has 4 rings (SSSR count). The number of hydrogen-bond acceptors (Lipinski definition) is 5. The maximum Gasteiger partial charge on any atom is 0.257 e. The Morgan fingerprint density at radius 2 is 2.13 bits per heavy atom. The van der Waals surface area contributed by atoms with Gasteiger partial charge in [-0.15, -0.1) is 21.5 Å². The Morgan fingerprint density at radius 3 is 2.96 bits per heavy atom. The number of benzene rings is 1. The first-order valence-corrected chi connectivity index (χ1v) is 8.92. The molecule has 1 saturated heterocycles. The first-order chi connectivity index (χ1) is 11.3. The van der Waals surface area contributed by atoms with Crippen molar-refractivity contribution in [3.8, 4) is 10.8 Å². The summed E-state index contributed by atoms with van der Waals surface area (Å²) in [5.41, 5.74) is 1.14. The topological polar surface area (TPSA) is 42.2 Å². The lowest BCUT2D eigenvalue weighted by molar-refractivity contribution is 0.215. The van der Waals surface area contributed by atoms with Gasteiger partial charge in [0.15, 0.2) is 0 Å². The zero-order chi connectivity index (χ0) is 15.6. The van der Waals surface area contributed by atoms with Crippen molar-refractivity contribution < 1.29 is 4.42 Å². The molecule has 1 atom stereocenters. The van der Waals surface area contributed by atoms with E-state index in [-0.39, 0.29) is 6.04 Å². The Morgan fingerprint density at radius 1 is 1.22 bits per heavy atom. The van der Waals surface area contributed by atoms with Crippen molar-refractivity contribution in [1.29, 1.82) is 0 Å². The van der Waals surface area contributed by atoms with Crippen molar-refractivity contribution >= 4 is 22.9 Å². The van der Waals surface area contributed by atoms with Gasteiger partial charge in [0.25, 0.3) is 5.89 Å². The molecular formula is C17H16ClN3OS. The van der Waals surface area contributed by atoms with Crippen LogP contribution in [0, 0.1) is 0 Å². The number of likely N-dealkylation sites (tertiary alicyclic amines) is 1. The number of aromatic nitrogens is 2. The SMILES string of the molecule is Clc1ccccc1CN1CCCC1c1nnc(-c2cccs2)o1. The van der Waals surface area contributed by atoms with E-state index in [1.54, 1.807) is 11.3 Å². The summed E-state index contributed by atoms with van der Waals surface area (Å²) in [5.74, 6) is 1.32. The van der Waals surface area contributed by atoms with Crippen LogP contribution in [0.3, 0.4) is 0 Å². The van der Waals surface area contributed by atoms with Crippen LogP contribution < -0.4 is 0 Å². The summed E-state index contributed by atoms with van der Waals surface area (Å²) in [6.07, 6.45) is 2.17. The van der Waals surface area contributed by atoms with Crippen LogP contribution in [0.2, 0.25) is 5.02 Å². The number of halogens is 1. The van der Waals surface area contributed by atoms with E-state index in [0.29, 0.717) is 11.8 Å². The van der Waals surface area contributed by atoms with E-state index in [9.17, 15) is 0 Å². The predicted molar refractivity (Wildman–Crippen MR) is 91.4 cm³/mol. The van der Waals surface area contributed by atoms with Crippen molar-refractivity contribution in [2.24, 2.45) is 0 Å². The van der Waals surface area contributed by atoms with Gasteiger partial charge in [-0.1, -0.05) is 35.9 Å². The van der Waals surface area contributed by atoms with Gasteiger partial charge in [0.05, 0.1) is 10.9 Å². The lowest BCUT2D eigenvalue weighted by Crippen LogP contribution is -2.23. The molecule has 0 saturated carbocycles. The lowest BCUT2D eigenvalue weighted by Gasteiger charge is -2.22. The molecule has 0 aliphatic carbocycles. The molecule has 6 heteroatoms. The van der Waals surface area contributed by atoms with E-state index in [2.05, 4.69) is 21.2 Å². The molecule has 0 bridgehead atoms. The largest absolute Gasteiger partial charge is 0.418 e. The van der Waals surface area contributed by atoms with Crippen LogP contribution in [0.1, 0.15) is 30.3 Å². The predicted octanol–water partition coefficient (Wildman–Crippen LogP) is 4.79. The van der Waals surface area contributed by atoms with Gasteiger partial charge in [0.1, 0.15) is 0 Å². The Bertz CT molecular complexity index is 787. The number of hydrogen-bond donors (Lipinski definition) is 0. The standard InChI is InChI=1S/C17H16ClN3OS/c18-13-6-2-1-5-12(13)11-21-9-3-7-14(21)16-19-20-17(22-16)15-8-4-10-23-15/h1-2,4-6,8,10,14H,3,7,9,11H2. The van der Waals surface area contributed by atoms with E-state index in [0.717, 1.165) is 41.4 Å². The van der Waals surface area contributed by atoms with Crippen LogP contribution in [0.4, 0.5) is 0 Å². The second-order valence-electron chi connectivity index (χ2n) is 5.64. The zero-order valence-electron chi connectivity index (χ0n) is 12.5. The molecule has 1 aromatic carbocycles. The van der Waals surface area contributed by atoms with Crippen LogP contribution in [-0.2, 0) is 6.54 Å². The quantitative estimate of drug-likeness (QED) is 0.681. The molecule has 1 unspecified atom stereocenters. The zero-order valence-corrected chi connectivity index (χ0v) is 14.1. The minimum Gasteiger partial charge on any atom is -0.418 e. The third-order valence-corrected chi connectivity index (χ3v) is 5.38. The molecule has 2 aromatic heterocycles. The number of thiophene rings is 1. The van der Waals surface area contributed by atoms with E-state index in [4.69, 9.17) is 16.0 Å². The molecule has 0 N–H and O–H groups in total. The van der Waals surface area contributed by atoms with Crippen LogP contribution in [0.25, 0.3) is 10.8 Å². The summed E-state index contributed by atoms with van der Waals surface area (Å²) in [6, 6.07) is 12.1. The van der Waals surface area contributed by atoms with Gasteiger partial charge < -0.3 is 4.42 Å². The number of rotatable bonds is 4. The van der Waals surface area contributed by atoms with Gasteiger partial charge in [-0.3, -0.25) is 4.90 Å². The van der Waals surface area contributed by atoms with Crippen LogP contribution >= 0.6 is 22.9 Å². The summed E-state index contributed by atoms with van der Waals surface area (Å²) in [7, 11) is 0. The Hall–Kier alpha value is -1.69. The van der Waals surface area contributed by atoms with Crippen molar-refractivity contribution in [1.82, 2.24) is 15.1 Å². The average molecular weight is 346 g/mol. The lowest BCUT2D eigenvalue weighted by atomic mass is 10.2. The number of nitrogens with zero attached hydrogens (tertiary/aromatic N) is 3. The minimum absolute atomic E-state index is 0.174. The van der Waals surface area contributed by atoms with Gasteiger partial charge >= 0.3 is 0 Å². The summed E-state index contributed by atoms with van der Waals surface area (Å²) in [6.45, 7) is 1.83. The first-order valence-electron chi connectivity index (χ1n) is 7.66. The Balaban J connectivity index is 1.55. The highest BCUT2D eigenvalue weighted by Gasteiger charge is 2.31. The third kappa shape index (κ3) is 3.04. The fraction of sp³-hybridized carbons (Fsp3) is 0.294. The molecular weight excluding hydrogens is 330 g/mol. The maximum absolute atomic E-state index is 6.29. The normalized spacial score (nSPS) is 18.6. The molecule has 23 heavy (non-hydrogen) atoms. The van der Waals surface area contributed by atoms with Crippen molar-refractivity contribution in [2.75, 3.05) is 6.54 Å². The first kappa shape index (κ1) is 14.9. The molecule has 1 aliphatic heterocycles. The highest BCUT2D eigenvalue weighted by molar-refractivity contribution is 7.13. The van der Waals surface area contributed by atoms with Crippen molar-refractivity contribution in [3.05, 3.63) is 58.3 Å². The maximum atomic E-state index is 6.29. The van der Waals surface area contributed by atoms with E-state index >= 15 is 0 Å². The molecule has 1 aliphatic rings. The molecule has 3 aromatic rings. The summed E-state index contributed by atoms with van der Waals surface area (Å²) >= 11 is 7.90. The minimum atomic E-state index is 0.174. The average Bonchev–Trinajstić information content (AvgIpc) is 3.30. The second kappa shape index (κ2) is 6.43. The highest BCUT2D eigenvalue weighted by atomic mass is 35.5. The summed E-state index contributed by atoms with van der Waals surface area (Å²) in [4.78, 5) is 3.38. The van der Waals surface area contributed by atoms with Gasteiger partial charge in [0, 0.05) is 11.6 Å². The molecule has 0 amide bonds. The molecule has 1 fully saturated rings. The smallest absolute Gasteiger partial charge is 0.257 e. The van der Waals surface area contributed by atoms with Gasteiger partial charge in [0.2, 0.25) is 5.89 Å². The van der Waals surface area contributed by atoms with Gasteiger partial charge in [-0.25, -0.2) is 0 Å². The summed E-state index contributed by atoms with van der Waals surface area (Å²) in [5, 5.41) is 11.3. The molecule has 0 radical (unpaired) electrons. The van der Waals surface area contributed by atoms with Crippen molar-refractivity contribution in [3.63, 3.8) is 0 Å². The monoisotopic (exact) mass is 345 g/mol. The van der Waals surface area contributed by atoms with Crippen LogP contribution in [0.15, 0.2) is 46.2 Å². The van der Waals surface area contributed by atoms with Crippen LogP contribution in [0.5, 0.6) is 0 Å². The summed E-state index contributed by atoms with van der Waals surface area (Å²) < 4.78 is 5.92. The highest BCUT2D eigenvalue weighted by Crippen LogP contribution is 2.35.